The third-order valence-corrected chi connectivity index (χ3v) is 5.29. The van der Waals surface area contributed by atoms with E-state index in [-0.39, 0.29) is 11.5 Å². The Hall–Kier alpha value is -2.44. The van der Waals surface area contributed by atoms with Crippen LogP contribution in [0.25, 0.3) is 0 Å². The van der Waals surface area contributed by atoms with Crippen molar-refractivity contribution in [1.29, 1.82) is 0 Å². The Bertz CT molecular complexity index is 828. The fourth-order valence-corrected chi connectivity index (χ4v) is 3.52. The number of carbonyl (C=O) groups excluding carboxylic acids is 1. The lowest BCUT2D eigenvalue weighted by Crippen LogP contribution is -2.40. The highest BCUT2D eigenvalue weighted by Gasteiger charge is 2.27. The maximum absolute atomic E-state index is 12.5. The zero-order valence-corrected chi connectivity index (χ0v) is 14.5. The quantitative estimate of drug-likeness (QED) is 0.843. The zero-order valence-electron chi connectivity index (χ0n) is 14.5. The number of aryl methyl sites for hydroxylation is 1. The second kappa shape index (κ2) is 6.46. The van der Waals surface area contributed by atoms with Gasteiger partial charge in [0, 0.05) is 44.9 Å². The molecule has 1 amide bonds. The number of rotatable bonds is 4. The monoisotopic (exact) mass is 341 g/mol. The third-order valence-electron chi connectivity index (χ3n) is 5.29. The molecular weight excluding hydrogens is 318 g/mol. The second-order valence-electron chi connectivity index (χ2n) is 7.15. The van der Waals surface area contributed by atoms with Crippen LogP contribution < -0.4 is 5.56 Å². The summed E-state index contributed by atoms with van der Waals surface area (Å²) in [6, 6.07) is 3.44. The lowest BCUT2D eigenvalue weighted by Gasteiger charge is -2.32. The van der Waals surface area contributed by atoms with Crippen molar-refractivity contribution < 1.29 is 4.79 Å². The molecule has 0 bridgehead atoms. The van der Waals surface area contributed by atoms with Crippen LogP contribution in [0.4, 0.5) is 0 Å². The largest absolute Gasteiger partial charge is 0.337 e. The Kier molecular flexibility index (Phi) is 4.15. The van der Waals surface area contributed by atoms with Gasteiger partial charge in [-0.15, -0.1) is 0 Å². The molecule has 4 rings (SSSR count). The molecule has 1 saturated carbocycles. The first-order valence-electron chi connectivity index (χ1n) is 8.95. The van der Waals surface area contributed by atoms with Gasteiger partial charge >= 0.3 is 0 Å². The molecule has 7 nitrogen and oxygen atoms in total. The number of carbonyl (C=O) groups is 1. The molecule has 1 aliphatic heterocycles. The highest BCUT2D eigenvalue weighted by Crippen LogP contribution is 2.38. The van der Waals surface area contributed by atoms with Gasteiger partial charge in [-0.1, -0.05) is 0 Å². The highest BCUT2D eigenvalue weighted by atomic mass is 16.2. The number of likely N-dealkylation sites (tertiary alicyclic amines) is 1. The van der Waals surface area contributed by atoms with Crippen molar-refractivity contribution >= 4 is 5.91 Å². The van der Waals surface area contributed by atoms with E-state index in [2.05, 4.69) is 10.1 Å². The van der Waals surface area contributed by atoms with Gasteiger partial charge < -0.3 is 4.90 Å². The summed E-state index contributed by atoms with van der Waals surface area (Å²) >= 11 is 0. The molecule has 1 aliphatic carbocycles. The van der Waals surface area contributed by atoms with E-state index < -0.39 is 0 Å². The molecule has 0 unspecified atom stereocenters. The Morgan fingerprint density at radius 2 is 2.00 bits per heavy atom. The van der Waals surface area contributed by atoms with Crippen LogP contribution >= 0.6 is 0 Å². The van der Waals surface area contributed by atoms with Crippen molar-refractivity contribution in [2.45, 2.75) is 38.1 Å². The van der Waals surface area contributed by atoms with Crippen LogP contribution in [-0.4, -0.2) is 43.2 Å². The first-order chi connectivity index (χ1) is 12.1. The highest BCUT2D eigenvalue weighted by molar-refractivity contribution is 5.92. The van der Waals surface area contributed by atoms with Gasteiger partial charge in [0.15, 0.2) is 0 Å². The van der Waals surface area contributed by atoms with E-state index in [4.69, 9.17) is 0 Å². The summed E-state index contributed by atoms with van der Waals surface area (Å²) < 4.78 is 3.33. The Morgan fingerprint density at radius 3 is 2.60 bits per heavy atom. The van der Waals surface area contributed by atoms with E-state index in [0.717, 1.165) is 44.5 Å². The van der Waals surface area contributed by atoms with Gasteiger partial charge in [0.05, 0.1) is 12.0 Å². The summed E-state index contributed by atoms with van der Waals surface area (Å²) in [6.45, 7) is 2.12. The number of amides is 1. The number of hydrogen-bond acceptors (Lipinski definition) is 4. The van der Waals surface area contributed by atoms with Crippen LogP contribution in [0.5, 0.6) is 0 Å². The van der Waals surface area contributed by atoms with Crippen molar-refractivity contribution in [3.8, 4) is 0 Å². The number of aromatic nitrogens is 4. The first kappa shape index (κ1) is 16.1. The van der Waals surface area contributed by atoms with Crippen LogP contribution in [0.1, 0.15) is 47.8 Å². The molecule has 2 aliphatic rings. The minimum Gasteiger partial charge on any atom is -0.337 e. The maximum atomic E-state index is 12.5. The Balaban J connectivity index is 1.35. The van der Waals surface area contributed by atoms with E-state index in [1.54, 1.807) is 41.0 Å². The van der Waals surface area contributed by atoms with Crippen molar-refractivity contribution in [2.24, 2.45) is 13.0 Å². The van der Waals surface area contributed by atoms with Crippen LogP contribution in [0.15, 0.2) is 29.5 Å². The SMILES string of the molecule is Cn1nccc1C(=O)N1CCC(Cn2cnc(C3CC3)cc2=O)CC1. The molecule has 1 saturated heterocycles. The molecule has 7 heteroatoms. The van der Waals surface area contributed by atoms with Gasteiger partial charge in [0.2, 0.25) is 0 Å². The zero-order chi connectivity index (χ0) is 17.4. The molecule has 3 heterocycles. The van der Waals surface area contributed by atoms with Crippen molar-refractivity contribution in [1.82, 2.24) is 24.2 Å². The van der Waals surface area contributed by atoms with E-state index in [9.17, 15) is 9.59 Å². The predicted molar refractivity (Wildman–Crippen MR) is 92.3 cm³/mol. The summed E-state index contributed by atoms with van der Waals surface area (Å²) in [7, 11) is 1.78. The third kappa shape index (κ3) is 3.36. The lowest BCUT2D eigenvalue weighted by atomic mass is 9.96. The summed E-state index contributed by atoms with van der Waals surface area (Å²) in [5.41, 5.74) is 1.61. The van der Waals surface area contributed by atoms with E-state index in [0.29, 0.717) is 24.1 Å². The normalized spacial score (nSPS) is 18.5. The molecule has 2 aromatic rings. The van der Waals surface area contributed by atoms with Gasteiger partial charge in [0.1, 0.15) is 5.69 Å². The minimum atomic E-state index is 0.0334. The molecule has 132 valence electrons. The summed E-state index contributed by atoms with van der Waals surface area (Å²) in [6.07, 6.45) is 7.45. The van der Waals surface area contributed by atoms with Crippen LogP contribution in [0.2, 0.25) is 0 Å². The van der Waals surface area contributed by atoms with Gasteiger partial charge in [-0.05, 0) is 37.7 Å². The van der Waals surface area contributed by atoms with Crippen molar-refractivity contribution in [3.05, 3.63) is 46.4 Å². The van der Waals surface area contributed by atoms with E-state index >= 15 is 0 Å². The van der Waals surface area contributed by atoms with E-state index in [1.807, 2.05) is 4.90 Å². The lowest BCUT2D eigenvalue weighted by molar-refractivity contribution is 0.0671. The average Bonchev–Trinajstić information content (AvgIpc) is 3.38. The number of nitrogens with zero attached hydrogens (tertiary/aromatic N) is 5. The predicted octanol–water partition coefficient (Wildman–Crippen LogP) is 1.41. The number of piperidine rings is 1. The molecule has 0 aromatic carbocycles. The minimum absolute atomic E-state index is 0.0334. The average molecular weight is 341 g/mol. The summed E-state index contributed by atoms with van der Waals surface area (Å²) in [4.78, 5) is 31.1. The Morgan fingerprint density at radius 1 is 1.24 bits per heavy atom. The molecule has 25 heavy (non-hydrogen) atoms. The second-order valence-corrected chi connectivity index (χ2v) is 7.15. The molecule has 0 N–H and O–H groups in total. The van der Waals surface area contributed by atoms with E-state index in [1.165, 1.54) is 0 Å². The van der Waals surface area contributed by atoms with Gasteiger partial charge in [-0.2, -0.15) is 5.10 Å². The molecule has 2 fully saturated rings. The molecule has 0 radical (unpaired) electrons. The molecule has 2 aromatic heterocycles. The summed E-state index contributed by atoms with van der Waals surface area (Å²) in [5, 5.41) is 4.06. The van der Waals surface area contributed by atoms with Gasteiger partial charge in [-0.3, -0.25) is 18.8 Å². The standard InChI is InChI=1S/C18H23N5O2/c1-21-16(4-7-20-21)18(25)22-8-5-13(6-9-22)11-23-12-19-15(10-17(23)24)14-2-3-14/h4,7,10,12-14H,2-3,5-6,8-9,11H2,1H3. The molecular formula is C18H23N5O2. The van der Waals surface area contributed by atoms with Gasteiger partial charge in [-0.25, -0.2) is 4.98 Å². The van der Waals surface area contributed by atoms with Crippen LogP contribution in [-0.2, 0) is 13.6 Å². The van der Waals surface area contributed by atoms with Crippen molar-refractivity contribution in [2.75, 3.05) is 13.1 Å². The maximum Gasteiger partial charge on any atom is 0.272 e. The van der Waals surface area contributed by atoms with Crippen LogP contribution in [0.3, 0.4) is 0 Å². The number of hydrogen-bond donors (Lipinski definition) is 0. The molecule has 0 spiro atoms. The molecule has 0 atom stereocenters. The van der Waals surface area contributed by atoms with Gasteiger partial charge in [0.25, 0.3) is 11.5 Å². The van der Waals surface area contributed by atoms with Crippen LogP contribution in [0, 0.1) is 5.92 Å². The fraction of sp³-hybridized carbons (Fsp3) is 0.556. The van der Waals surface area contributed by atoms with Crippen molar-refractivity contribution in [3.63, 3.8) is 0 Å². The Labute approximate surface area is 146 Å². The smallest absolute Gasteiger partial charge is 0.272 e. The summed E-state index contributed by atoms with van der Waals surface area (Å²) in [5.74, 6) is 0.941. The topological polar surface area (TPSA) is 73.0 Å². The first-order valence-corrected chi connectivity index (χ1v) is 8.95. The fourth-order valence-electron chi connectivity index (χ4n) is 3.52.